The molecule has 0 aliphatic rings. The van der Waals surface area contributed by atoms with E-state index in [1.54, 1.807) is 36.4 Å². The largest absolute Gasteiger partial charge is 0.497 e. The van der Waals surface area contributed by atoms with Crippen molar-refractivity contribution >= 4 is 21.6 Å². The predicted molar refractivity (Wildman–Crippen MR) is 117 cm³/mol. The van der Waals surface area contributed by atoms with Crippen LogP contribution in [0.15, 0.2) is 71.6 Å². The first-order valence-electron chi connectivity index (χ1n) is 9.40. The van der Waals surface area contributed by atoms with Gasteiger partial charge in [-0.3, -0.25) is 9.52 Å². The van der Waals surface area contributed by atoms with Crippen LogP contribution in [-0.4, -0.2) is 21.4 Å². The summed E-state index contributed by atoms with van der Waals surface area (Å²) in [6.45, 7) is 4.37. The van der Waals surface area contributed by atoms with Gasteiger partial charge in [0.05, 0.1) is 12.0 Å². The number of ether oxygens (including phenoxy) is 1. The minimum atomic E-state index is -3.84. The van der Waals surface area contributed by atoms with Gasteiger partial charge >= 0.3 is 0 Å². The maximum Gasteiger partial charge on any atom is 0.261 e. The van der Waals surface area contributed by atoms with Crippen LogP contribution in [0.1, 0.15) is 27.0 Å². The Labute approximate surface area is 177 Å². The molecule has 0 aromatic heterocycles. The van der Waals surface area contributed by atoms with Crippen LogP contribution in [0, 0.1) is 13.8 Å². The summed E-state index contributed by atoms with van der Waals surface area (Å²) in [6, 6.07) is 18.5. The van der Waals surface area contributed by atoms with Crippen LogP contribution in [0.25, 0.3) is 0 Å². The van der Waals surface area contributed by atoms with Gasteiger partial charge in [-0.05, 0) is 67.4 Å². The molecule has 1 amide bonds. The minimum Gasteiger partial charge on any atom is -0.497 e. The number of amides is 1. The molecule has 0 atom stereocenters. The lowest BCUT2D eigenvalue weighted by Crippen LogP contribution is -2.23. The van der Waals surface area contributed by atoms with E-state index in [9.17, 15) is 13.2 Å². The van der Waals surface area contributed by atoms with E-state index in [0.29, 0.717) is 18.0 Å². The molecule has 0 saturated carbocycles. The van der Waals surface area contributed by atoms with Crippen LogP contribution in [0.3, 0.4) is 0 Å². The Balaban J connectivity index is 1.72. The first-order valence-corrected chi connectivity index (χ1v) is 10.9. The molecule has 0 heterocycles. The van der Waals surface area contributed by atoms with Gasteiger partial charge in [0, 0.05) is 17.8 Å². The molecule has 0 spiro atoms. The van der Waals surface area contributed by atoms with Gasteiger partial charge in [0.15, 0.2) is 0 Å². The second kappa shape index (κ2) is 9.00. The molecule has 3 aromatic carbocycles. The Morgan fingerprint density at radius 1 is 0.967 bits per heavy atom. The van der Waals surface area contributed by atoms with Gasteiger partial charge in [0.25, 0.3) is 15.9 Å². The third-order valence-corrected chi connectivity index (χ3v) is 6.07. The highest BCUT2D eigenvalue weighted by molar-refractivity contribution is 7.92. The molecule has 2 N–H and O–H groups in total. The number of carbonyl (C=O) groups excluding carboxylic acids is 1. The van der Waals surface area contributed by atoms with E-state index in [1.165, 1.54) is 19.2 Å². The molecule has 0 aliphatic carbocycles. The quantitative estimate of drug-likeness (QED) is 0.599. The lowest BCUT2D eigenvalue weighted by molar-refractivity contribution is 0.0950. The van der Waals surface area contributed by atoms with Gasteiger partial charge in [0.1, 0.15) is 5.75 Å². The zero-order valence-electron chi connectivity index (χ0n) is 17.1. The topological polar surface area (TPSA) is 84.5 Å². The second-order valence-electron chi connectivity index (χ2n) is 6.97. The van der Waals surface area contributed by atoms with Gasteiger partial charge in [-0.25, -0.2) is 8.42 Å². The predicted octanol–water partition coefficient (Wildman–Crippen LogP) is 4.04. The molecule has 0 bridgehead atoms. The van der Waals surface area contributed by atoms with Crippen molar-refractivity contribution < 1.29 is 17.9 Å². The molecule has 156 valence electrons. The lowest BCUT2D eigenvalue weighted by atomic mass is 10.1. The van der Waals surface area contributed by atoms with E-state index < -0.39 is 10.0 Å². The van der Waals surface area contributed by atoms with Gasteiger partial charge in [-0.1, -0.05) is 29.8 Å². The fourth-order valence-corrected chi connectivity index (χ4v) is 4.10. The number of benzene rings is 3. The van der Waals surface area contributed by atoms with Crippen LogP contribution < -0.4 is 14.8 Å². The van der Waals surface area contributed by atoms with Gasteiger partial charge in [0.2, 0.25) is 0 Å². The van der Waals surface area contributed by atoms with Crippen molar-refractivity contribution in [2.75, 3.05) is 11.8 Å². The van der Waals surface area contributed by atoms with Crippen LogP contribution >= 0.6 is 0 Å². The second-order valence-corrected chi connectivity index (χ2v) is 8.66. The minimum absolute atomic E-state index is 0.0116. The van der Waals surface area contributed by atoms with Crippen molar-refractivity contribution in [2.45, 2.75) is 25.3 Å². The van der Waals surface area contributed by atoms with Gasteiger partial charge in [-0.2, -0.15) is 0 Å². The summed E-state index contributed by atoms with van der Waals surface area (Å²) in [7, 11) is -2.30. The first-order chi connectivity index (χ1) is 14.3. The Bertz CT molecular complexity index is 1160. The van der Waals surface area contributed by atoms with E-state index in [2.05, 4.69) is 16.1 Å². The smallest absolute Gasteiger partial charge is 0.261 e. The van der Waals surface area contributed by atoms with E-state index in [-0.39, 0.29) is 16.4 Å². The van der Waals surface area contributed by atoms with Crippen LogP contribution in [0.2, 0.25) is 0 Å². The zero-order valence-corrected chi connectivity index (χ0v) is 17.9. The Morgan fingerprint density at radius 2 is 1.70 bits per heavy atom. The number of anilines is 1. The fourth-order valence-electron chi connectivity index (χ4n) is 3.00. The van der Waals surface area contributed by atoms with Crippen molar-refractivity contribution in [3.63, 3.8) is 0 Å². The van der Waals surface area contributed by atoms with Crippen molar-refractivity contribution in [1.29, 1.82) is 0 Å². The van der Waals surface area contributed by atoms with Crippen LogP contribution in [0.5, 0.6) is 5.75 Å². The fraction of sp³-hybridized carbons (Fsp3) is 0.174. The molecule has 0 unspecified atom stereocenters. The Kier molecular flexibility index (Phi) is 6.42. The maximum absolute atomic E-state index is 12.7. The molecule has 0 saturated heterocycles. The molecule has 7 heteroatoms. The van der Waals surface area contributed by atoms with E-state index in [1.807, 2.05) is 26.0 Å². The molecular weight excluding hydrogens is 400 g/mol. The average Bonchev–Trinajstić information content (AvgIpc) is 2.73. The summed E-state index contributed by atoms with van der Waals surface area (Å²) in [5.74, 6) is 0.289. The normalized spacial score (nSPS) is 11.0. The lowest BCUT2D eigenvalue weighted by Gasteiger charge is -2.11. The number of hydrogen-bond acceptors (Lipinski definition) is 4. The number of aryl methyl sites for hydroxylation is 2. The molecule has 3 rings (SSSR count). The standard InChI is InChI=1S/C23H24N2O4S/c1-16-7-8-19(17(2)13-16)15-24-23(26)18-5-4-6-22(14-18)30(27,28)25-20-9-11-21(29-3)12-10-20/h4-14,25H,15H2,1-3H3,(H,24,26). The molecule has 6 nitrogen and oxygen atoms in total. The number of methoxy groups -OCH3 is 1. The summed E-state index contributed by atoms with van der Waals surface area (Å²) in [6.07, 6.45) is 0. The zero-order chi connectivity index (χ0) is 21.7. The van der Waals surface area contributed by atoms with Crippen LogP contribution in [0.4, 0.5) is 5.69 Å². The summed E-state index contributed by atoms with van der Waals surface area (Å²) in [5.41, 5.74) is 3.94. The average molecular weight is 425 g/mol. The monoisotopic (exact) mass is 424 g/mol. The third-order valence-electron chi connectivity index (χ3n) is 4.69. The molecule has 3 aromatic rings. The van der Waals surface area contributed by atoms with Gasteiger partial charge in [-0.15, -0.1) is 0 Å². The third kappa shape index (κ3) is 5.18. The number of sulfonamides is 1. The molecule has 30 heavy (non-hydrogen) atoms. The van der Waals surface area contributed by atoms with Crippen molar-refractivity contribution in [2.24, 2.45) is 0 Å². The maximum atomic E-state index is 12.7. The van der Waals surface area contributed by atoms with Crippen molar-refractivity contribution in [3.8, 4) is 5.75 Å². The molecular formula is C23H24N2O4S. The number of carbonyl (C=O) groups is 1. The highest BCUT2D eigenvalue weighted by atomic mass is 32.2. The van der Waals surface area contributed by atoms with E-state index in [0.717, 1.165) is 16.7 Å². The number of hydrogen-bond donors (Lipinski definition) is 2. The SMILES string of the molecule is COc1ccc(NS(=O)(=O)c2cccc(C(=O)NCc3ccc(C)cc3C)c2)cc1. The molecule has 0 radical (unpaired) electrons. The first kappa shape index (κ1) is 21.4. The Hall–Kier alpha value is -3.32. The van der Waals surface area contributed by atoms with Crippen LogP contribution in [-0.2, 0) is 16.6 Å². The molecule has 0 fully saturated rings. The van der Waals surface area contributed by atoms with Crippen molar-refractivity contribution in [3.05, 3.63) is 89.0 Å². The van der Waals surface area contributed by atoms with Gasteiger partial charge < -0.3 is 10.1 Å². The summed E-state index contributed by atoms with van der Waals surface area (Å²) < 4.78 is 33.0. The Morgan fingerprint density at radius 3 is 2.37 bits per heavy atom. The van der Waals surface area contributed by atoms with E-state index >= 15 is 0 Å². The number of rotatable bonds is 7. The highest BCUT2D eigenvalue weighted by Gasteiger charge is 2.17. The van der Waals surface area contributed by atoms with Crippen molar-refractivity contribution in [1.82, 2.24) is 5.32 Å². The summed E-state index contributed by atoms with van der Waals surface area (Å²) in [4.78, 5) is 12.6. The molecule has 0 aliphatic heterocycles. The number of nitrogens with one attached hydrogen (secondary N) is 2. The highest BCUT2D eigenvalue weighted by Crippen LogP contribution is 2.20. The summed E-state index contributed by atoms with van der Waals surface area (Å²) >= 11 is 0. The van der Waals surface area contributed by atoms with E-state index in [4.69, 9.17) is 4.74 Å². The summed E-state index contributed by atoms with van der Waals surface area (Å²) in [5, 5.41) is 2.85.